The van der Waals surface area contributed by atoms with Crippen LogP contribution in [0.4, 0.5) is 4.39 Å². The van der Waals surface area contributed by atoms with Gasteiger partial charge in [-0.25, -0.2) is 4.39 Å². The van der Waals surface area contributed by atoms with Crippen molar-refractivity contribution in [3.8, 4) is 6.07 Å². The Balaban J connectivity index is 2.43. The summed E-state index contributed by atoms with van der Waals surface area (Å²) in [6.45, 7) is 3.94. The summed E-state index contributed by atoms with van der Waals surface area (Å²) in [6, 6.07) is 12.7. The average Bonchev–Trinajstić information content (AvgIpc) is 2.37. The van der Waals surface area contributed by atoms with Crippen LogP contribution in [0.5, 0.6) is 0 Å². The molecule has 0 saturated heterocycles. The van der Waals surface area contributed by atoms with Gasteiger partial charge in [0.1, 0.15) is 5.82 Å². The van der Waals surface area contributed by atoms with E-state index in [0.29, 0.717) is 6.42 Å². The van der Waals surface area contributed by atoms with Crippen LogP contribution in [-0.4, -0.2) is 0 Å². The Hall–Kier alpha value is -2.14. The fourth-order valence-corrected chi connectivity index (χ4v) is 2.06. The maximum absolute atomic E-state index is 12.9. The molecule has 0 heterocycles. The molecule has 0 aromatic heterocycles. The standard InChI is InChI=1S/C16H14FN/c1-11-3-4-12(2)16(10-18)15(11)9-13-5-7-14(17)8-6-13/h3-8H,9H2,1-2H3. The van der Waals surface area contributed by atoms with E-state index in [2.05, 4.69) is 6.07 Å². The Morgan fingerprint density at radius 1 is 1.00 bits per heavy atom. The van der Waals surface area contributed by atoms with E-state index in [4.69, 9.17) is 0 Å². The zero-order valence-electron chi connectivity index (χ0n) is 10.5. The first kappa shape index (κ1) is 12.3. The Bertz CT molecular complexity index is 606. The number of hydrogen-bond donors (Lipinski definition) is 0. The van der Waals surface area contributed by atoms with Gasteiger partial charge in [-0.1, -0.05) is 24.3 Å². The van der Waals surface area contributed by atoms with Crippen molar-refractivity contribution in [2.45, 2.75) is 20.3 Å². The van der Waals surface area contributed by atoms with Gasteiger partial charge in [0.15, 0.2) is 0 Å². The Morgan fingerprint density at radius 2 is 1.61 bits per heavy atom. The van der Waals surface area contributed by atoms with E-state index in [0.717, 1.165) is 27.8 Å². The van der Waals surface area contributed by atoms with Gasteiger partial charge in [-0.15, -0.1) is 0 Å². The van der Waals surface area contributed by atoms with Gasteiger partial charge < -0.3 is 0 Å². The van der Waals surface area contributed by atoms with Crippen LogP contribution in [0.25, 0.3) is 0 Å². The maximum Gasteiger partial charge on any atom is 0.123 e. The second-order valence-corrected chi connectivity index (χ2v) is 4.47. The molecule has 0 fully saturated rings. The topological polar surface area (TPSA) is 23.8 Å². The fourth-order valence-electron chi connectivity index (χ4n) is 2.06. The molecule has 0 aliphatic rings. The summed E-state index contributed by atoms with van der Waals surface area (Å²) in [6.07, 6.45) is 0.663. The zero-order chi connectivity index (χ0) is 13.1. The van der Waals surface area contributed by atoms with Crippen LogP contribution in [0.15, 0.2) is 36.4 Å². The molecule has 2 aromatic carbocycles. The van der Waals surface area contributed by atoms with Crippen molar-refractivity contribution in [2.75, 3.05) is 0 Å². The molecule has 1 nitrogen and oxygen atoms in total. The Labute approximate surface area is 107 Å². The van der Waals surface area contributed by atoms with Crippen molar-refractivity contribution in [1.82, 2.24) is 0 Å². The number of benzene rings is 2. The number of halogens is 1. The lowest BCUT2D eigenvalue weighted by atomic mass is 9.93. The second-order valence-electron chi connectivity index (χ2n) is 4.47. The van der Waals surface area contributed by atoms with Gasteiger partial charge in [0, 0.05) is 0 Å². The molecule has 0 aliphatic heterocycles. The molecule has 0 unspecified atom stereocenters. The molecule has 2 heteroatoms. The summed E-state index contributed by atoms with van der Waals surface area (Å²) < 4.78 is 12.9. The molecule has 2 rings (SSSR count). The highest BCUT2D eigenvalue weighted by Gasteiger charge is 2.09. The lowest BCUT2D eigenvalue weighted by Gasteiger charge is -2.10. The monoisotopic (exact) mass is 239 g/mol. The van der Waals surface area contributed by atoms with E-state index in [9.17, 15) is 9.65 Å². The van der Waals surface area contributed by atoms with Crippen LogP contribution in [0.3, 0.4) is 0 Å². The van der Waals surface area contributed by atoms with Gasteiger partial charge in [0.05, 0.1) is 11.6 Å². The molecule has 0 radical (unpaired) electrons. The Morgan fingerprint density at radius 3 is 2.22 bits per heavy atom. The number of hydrogen-bond acceptors (Lipinski definition) is 1. The number of nitriles is 1. The van der Waals surface area contributed by atoms with Crippen LogP contribution in [0.1, 0.15) is 27.8 Å². The summed E-state index contributed by atoms with van der Waals surface area (Å²) in [5.41, 5.74) is 4.87. The van der Waals surface area contributed by atoms with Gasteiger partial charge in [0.2, 0.25) is 0 Å². The minimum Gasteiger partial charge on any atom is -0.207 e. The van der Waals surface area contributed by atoms with E-state index < -0.39 is 0 Å². The summed E-state index contributed by atoms with van der Waals surface area (Å²) >= 11 is 0. The summed E-state index contributed by atoms with van der Waals surface area (Å²) in [7, 11) is 0. The maximum atomic E-state index is 12.9. The van der Waals surface area contributed by atoms with Gasteiger partial charge in [-0.2, -0.15) is 5.26 Å². The van der Waals surface area contributed by atoms with Crippen molar-refractivity contribution in [2.24, 2.45) is 0 Å². The first-order valence-corrected chi connectivity index (χ1v) is 5.85. The van der Waals surface area contributed by atoms with Gasteiger partial charge in [0.25, 0.3) is 0 Å². The molecular formula is C16H14FN. The molecule has 0 amide bonds. The van der Waals surface area contributed by atoms with Gasteiger partial charge in [-0.05, 0) is 54.7 Å². The van der Waals surface area contributed by atoms with E-state index in [-0.39, 0.29) is 5.82 Å². The normalized spacial score (nSPS) is 10.1. The summed E-state index contributed by atoms with van der Waals surface area (Å²) in [5, 5.41) is 9.24. The summed E-state index contributed by atoms with van der Waals surface area (Å²) in [4.78, 5) is 0. The van der Waals surface area contributed by atoms with E-state index in [1.54, 1.807) is 12.1 Å². The zero-order valence-corrected chi connectivity index (χ0v) is 10.5. The Kier molecular flexibility index (Phi) is 3.43. The molecule has 90 valence electrons. The van der Waals surface area contributed by atoms with E-state index in [1.807, 2.05) is 26.0 Å². The number of aryl methyl sites for hydroxylation is 2. The first-order valence-electron chi connectivity index (χ1n) is 5.85. The molecule has 0 saturated carbocycles. The van der Waals surface area contributed by atoms with Crippen molar-refractivity contribution in [3.05, 3.63) is 70.0 Å². The molecule has 0 spiro atoms. The lowest BCUT2D eigenvalue weighted by molar-refractivity contribution is 0.627. The molecule has 0 bridgehead atoms. The highest BCUT2D eigenvalue weighted by Crippen LogP contribution is 2.21. The minimum absolute atomic E-state index is 0.236. The predicted molar refractivity (Wildman–Crippen MR) is 69.8 cm³/mol. The smallest absolute Gasteiger partial charge is 0.123 e. The van der Waals surface area contributed by atoms with Gasteiger partial charge >= 0.3 is 0 Å². The highest BCUT2D eigenvalue weighted by molar-refractivity contribution is 5.49. The summed E-state index contributed by atoms with van der Waals surface area (Å²) in [5.74, 6) is -0.236. The number of rotatable bonds is 2. The molecule has 2 aromatic rings. The first-order chi connectivity index (χ1) is 8.61. The number of nitrogens with zero attached hydrogens (tertiary/aromatic N) is 1. The minimum atomic E-state index is -0.236. The third-order valence-corrected chi connectivity index (χ3v) is 3.16. The third kappa shape index (κ3) is 2.41. The SMILES string of the molecule is Cc1ccc(C)c(Cc2ccc(F)cc2)c1C#N. The van der Waals surface area contributed by atoms with Crippen molar-refractivity contribution in [3.63, 3.8) is 0 Å². The third-order valence-electron chi connectivity index (χ3n) is 3.16. The van der Waals surface area contributed by atoms with Crippen molar-refractivity contribution >= 4 is 0 Å². The van der Waals surface area contributed by atoms with Gasteiger partial charge in [-0.3, -0.25) is 0 Å². The van der Waals surface area contributed by atoms with Crippen molar-refractivity contribution < 1.29 is 4.39 Å². The quantitative estimate of drug-likeness (QED) is 0.779. The second kappa shape index (κ2) is 5.01. The van der Waals surface area contributed by atoms with Crippen LogP contribution >= 0.6 is 0 Å². The van der Waals surface area contributed by atoms with Crippen LogP contribution in [0.2, 0.25) is 0 Å². The molecule has 0 atom stereocenters. The van der Waals surface area contributed by atoms with Crippen molar-refractivity contribution in [1.29, 1.82) is 5.26 Å². The van der Waals surface area contributed by atoms with E-state index >= 15 is 0 Å². The molecule has 18 heavy (non-hydrogen) atoms. The molecular weight excluding hydrogens is 225 g/mol. The highest BCUT2D eigenvalue weighted by atomic mass is 19.1. The largest absolute Gasteiger partial charge is 0.207 e. The molecule has 0 N–H and O–H groups in total. The lowest BCUT2D eigenvalue weighted by Crippen LogP contribution is -1.98. The van der Waals surface area contributed by atoms with Crippen LogP contribution in [0, 0.1) is 31.0 Å². The van der Waals surface area contributed by atoms with Crippen LogP contribution < -0.4 is 0 Å². The average molecular weight is 239 g/mol. The predicted octanol–water partition coefficient (Wildman–Crippen LogP) is 3.91. The fraction of sp³-hybridized carbons (Fsp3) is 0.188. The molecule has 0 aliphatic carbocycles. The van der Waals surface area contributed by atoms with Crippen LogP contribution in [-0.2, 0) is 6.42 Å². The van der Waals surface area contributed by atoms with E-state index in [1.165, 1.54) is 12.1 Å².